The Morgan fingerprint density at radius 3 is 2.27 bits per heavy atom. The molecule has 0 aliphatic heterocycles. The number of amides is 1. The minimum absolute atomic E-state index is 0.0757. The standard InChI is InChI=1S/C15H10F2N4O3S2/c16-10-7-4-8-11(17)12(10)21-26(23,24)15-20-19-14(25-15)18-13(22)9-5-2-1-3-6-9/h1-8,21H,(H,18,19,22). The van der Waals surface area contributed by atoms with Gasteiger partial charge in [0, 0.05) is 5.56 Å². The summed E-state index contributed by atoms with van der Waals surface area (Å²) in [6.45, 7) is 0. The molecule has 0 unspecified atom stereocenters. The van der Waals surface area contributed by atoms with Crippen LogP contribution in [0.4, 0.5) is 19.6 Å². The van der Waals surface area contributed by atoms with Gasteiger partial charge in [0.15, 0.2) is 0 Å². The Kier molecular flexibility index (Phi) is 4.91. The Bertz CT molecular complexity index is 1040. The van der Waals surface area contributed by atoms with Crippen molar-refractivity contribution in [2.75, 3.05) is 10.0 Å². The normalized spacial score (nSPS) is 11.2. The number of aromatic nitrogens is 2. The summed E-state index contributed by atoms with van der Waals surface area (Å²) in [6.07, 6.45) is 0. The number of sulfonamides is 1. The number of nitrogens with one attached hydrogen (secondary N) is 2. The van der Waals surface area contributed by atoms with E-state index in [0.29, 0.717) is 16.9 Å². The molecule has 0 aliphatic carbocycles. The van der Waals surface area contributed by atoms with Crippen LogP contribution in [0.25, 0.3) is 0 Å². The molecule has 0 radical (unpaired) electrons. The van der Waals surface area contributed by atoms with Gasteiger partial charge in [0.25, 0.3) is 20.3 Å². The van der Waals surface area contributed by atoms with Crippen LogP contribution in [-0.2, 0) is 10.0 Å². The fraction of sp³-hybridized carbons (Fsp3) is 0. The van der Waals surface area contributed by atoms with E-state index in [1.807, 2.05) is 0 Å². The Balaban J connectivity index is 1.79. The molecule has 0 aliphatic rings. The average Bonchev–Trinajstić information content (AvgIpc) is 3.08. The molecule has 1 amide bonds. The number of anilines is 2. The van der Waals surface area contributed by atoms with Crippen LogP contribution in [0, 0.1) is 11.6 Å². The Labute approximate surface area is 150 Å². The topological polar surface area (TPSA) is 101 Å². The van der Waals surface area contributed by atoms with Crippen molar-refractivity contribution in [1.29, 1.82) is 0 Å². The van der Waals surface area contributed by atoms with Crippen LogP contribution in [0.3, 0.4) is 0 Å². The number of para-hydroxylation sites is 1. The lowest BCUT2D eigenvalue weighted by Gasteiger charge is -2.06. The van der Waals surface area contributed by atoms with Gasteiger partial charge in [-0.15, -0.1) is 10.2 Å². The molecule has 7 nitrogen and oxygen atoms in total. The van der Waals surface area contributed by atoms with Crippen LogP contribution in [0.1, 0.15) is 10.4 Å². The number of carbonyl (C=O) groups excluding carboxylic acids is 1. The van der Waals surface area contributed by atoms with Gasteiger partial charge < -0.3 is 0 Å². The first-order valence-corrected chi connectivity index (χ1v) is 9.33. The van der Waals surface area contributed by atoms with Crippen molar-refractivity contribution in [3.05, 3.63) is 65.7 Å². The highest BCUT2D eigenvalue weighted by Crippen LogP contribution is 2.25. The first-order valence-electron chi connectivity index (χ1n) is 7.03. The molecule has 0 saturated heterocycles. The summed E-state index contributed by atoms with van der Waals surface area (Å²) in [5.74, 6) is -2.65. The summed E-state index contributed by atoms with van der Waals surface area (Å²) in [5.41, 5.74) is -0.476. The second-order valence-electron chi connectivity index (χ2n) is 4.90. The van der Waals surface area contributed by atoms with Crippen molar-refractivity contribution < 1.29 is 22.0 Å². The molecule has 3 aromatic rings. The Morgan fingerprint density at radius 1 is 0.962 bits per heavy atom. The molecule has 2 N–H and O–H groups in total. The van der Waals surface area contributed by atoms with E-state index in [9.17, 15) is 22.0 Å². The van der Waals surface area contributed by atoms with E-state index >= 15 is 0 Å². The minimum Gasteiger partial charge on any atom is -0.296 e. The third kappa shape index (κ3) is 3.83. The summed E-state index contributed by atoms with van der Waals surface area (Å²) in [5, 5.41) is 9.34. The summed E-state index contributed by atoms with van der Waals surface area (Å²) in [6, 6.07) is 11.1. The van der Waals surface area contributed by atoms with Crippen molar-refractivity contribution in [3.63, 3.8) is 0 Å². The highest BCUT2D eigenvalue weighted by atomic mass is 32.2. The van der Waals surface area contributed by atoms with Crippen molar-refractivity contribution in [2.24, 2.45) is 0 Å². The number of rotatable bonds is 5. The van der Waals surface area contributed by atoms with Crippen LogP contribution in [-0.4, -0.2) is 24.5 Å². The minimum atomic E-state index is -4.37. The van der Waals surface area contributed by atoms with Crippen LogP contribution in [0.5, 0.6) is 0 Å². The Hall–Kier alpha value is -2.92. The van der Waals surface area contributed by atoms with Crippen molar-refractivity contribution in [2.45, 2.75) is 4.34 Å². The third-order valence-electron chi connectivity index (χ3n) is 3.09. The largest absolute Gasteiger partial charge is 0.296 e. The number of nitrogens with zero attached hydrogens (tertiary/aromatic N) is 2. The second kappa shape index (κ2) is 7.14. The molecule has 2 aromatic carbocycles. The molecular formula is C15H10F2N4O3S2. The first-order chi connectivity index (χ1) is 12.4. The predicted molar refractivity (Wildman–Crippen MR) is 91.5 cm³/mol. The molecule has 11 heteroatoms. The fourth-order valence-corrected chi connectivity index (χ4v) is 3.87. The fourth-order valence-electron chi connectivity index (χ4n) is 1.90. The summed E-state index contributed by atoms with van der Waals surface area (Å²) >= 11 is 0.544. The van der Waals surface area contributed by atoms with E-state index in [1.165, 1.54) is 0 Å². The number of benzene rings is 2. The number of hydrogen-bond acceptors (Lipinski definition) is 6. The third-order valence-corrected chi connectivity index (χ3v) is 5.65. The van der Waals surface area contributed by atoms with E-state index in [4.69, 9.17) is 0 Å². The van der Waals surface area contributed by atoms with Crippen LogP contribution < -0.4 is 10.0 Å². The van der Waals surface area contributed by atoms with Crippen molar-refractivity contribution in [1.82, 2.24) is 10.2 Å². The maximum Gasteiger partial charge on any atom is 0.291 e. The molecule has 0 bridgehead atoms. The highest BCUT2D eigenvalue weighted by Gasteiger charge is 2.24. The molecule has 0 atom stereocenters. The summed E-state index contributed by atoms with van der Waals surface area (Å²) in [4.78, 5) is 12.0. The molecule has 134 valence electrons. The molecule has 0 saturated carbocycles. The van der Waals surface area contributed by atoms with E-state index in [-0.39, 0.29) is 5.13 Å². The summed E-state index contributed by atoms with van der Waals surface area (Å²) in [7, 11) is -4.37. The zero-order chi connectivity index (χ0) is 18.7. The van der Waals surface area contributed by atoms with Crippen LogP contribution in [0.15, 0.2) is 52.9 Å². The van der Waals surface area contributed by atoms with E-state index < -0.39 is 37.6 Å². The van der Waals surface area contributed by atoms with E-state index in [0.717, 1.165) is 18.2 Å². The highest BCUT2D eigenvalue weighted by molar-refractivity contribution is 7.94. The van der Waals surface area contributed by atoms with Gasteiger partial charge in [-0.2, -0.15) is 8.42 Å². The lowest BCUT2D eigenvalue weighted by Crippen LogP contribution is -2.15. The van der Waals surface area contributed by atoms with E-state index in [2.05, 4.69) is 15.5 Å². The average molecular weight is 396 g/mol. The Morgan fingerprint density at radius 2 is 1.62 bits per heavy atom. The number of halogens is 2. The van der Waals surface area contributed by atoms with Gasteiger partial charge in [0.1, 0.15) is 17.3 Å². The van der Waals surface area contributed by atoms with Crippen molar-refractivity contribution in [3.8, 4) is 0 Å². The smallest absolute Gasteiger partial charge is 0.291 e. The number of carbonyl (C=O) groups is 1. The zero-order valence-electron chi connectivity index (χ0n) is 12.8. The zero-order valence-corrected chi connectivity index (χ0v) is 14.4. The van der Waals surface area contributed by atoms with Gasteiger partial charge in [0.05, 0.1) is 0 Å². The van der Waals surface area contributed by atoms with Gasteiger partial charge in [-0.3, -0.25) is 14.8 Å². The molecular weight excluding hydrogens is 386 g/mol. The van der Waals surface area contributed by atoms with Crippen LogP contribution >= 0.6 is 11.3 Å². The molecule has 26 heavy (non-hydrogen) atoms. The van der Waals surface area contributed by atoms with E-state index in [1.54, 1.807) is 35.1 Å². The maximum absolute atomic E-state index is 13.6. The molecule has 3 rings (SSSR count). The van der Waals surface area contributed by atoms with Crippen LogP contribution in [0.2, 0.25) is 0 Å². The lowest BCUT2D eigenvalue weighted by molar-refractivity contribution is 0.102. The molecule has 1 aromatic heterocycles. The predicted octanol–water partition coefficient (Wildman–Crippen LogP) is 2.87. The number of hydrogen-bond donors (Lipinski definition) is 2. The quantitative estimate of drug-likeness (QED) is 0.646. The van der Waals surface area contributed by atoms with Gasteiger partial charge in [-0.05, 0) is 24.3 Å². The second-order valence-corrected chi connectivity index (χ2v) is 7.73. The molecule has 1 heterocycles. The monoisotopic (exact) mass is 396 g/mol. The first kappa shape index (κ1) is 17.9. The van der Waals surface area contributed by atoms with Gasteiger partial charge >= 0.3 is 0 Å². The van der Waals surface area contributed by atoms with Crippen molar-refractivity contribution >= 4 is 38.1 Å². The molecule has 0 fully saturated rings. The lowest BCUT2D eigenvalue weighted by atomic mass is 10.2. The molecule has 0 spiro atoms. The maximum atomic E-state index is 13.6. The van der Waals surface area contributed by atoms with Gasteiger partial charge in [-0.1, -0.05) is 35.6 Å². The summed E-state index contributed by atoms with van der Waals surface area (Å²) < 4.78 is 52.9. The SMILES string of the molecule is O=C(Nc1nnc(S(=O)(=O)Nc2c(F)cccc2F)s1)c1ccccc1. The van der Waals surface area contributed by atoms with Gasteiger partial charge in [0.2, 0.25) is 5.13 Å². The van der Waals surface area contributed by atoms with Gasteiger partial charge in [-0.25, -0.2) is 8.78 Å².